The van der Waals surface area contributed by atoms with Gasteiger partial charge < -0.3 is 16.2 Å². The molecule has 0 aliphatic heterocycles. The van der Waals surface area contributed by atoms with E-state index in [0.717, 1.165) is 0 Å². The van der Waals surface area contributed by atoms with Crippen LogP contribution in [0.5, 0.6) is 0 Å². The van der Waals surface area contributed by atoms with Crippen LogP contribution in [0.25, 0.3) is 0 Å². The van der Waals surface area contributed by atoms with E-state index in [1.807, 2.05) is 0 Å². The molecule has 17 heavy (non-hydrogen) atoms. The lowest BCUT2D eigenvalue weighted by atomic mass is 10.1. The lowest BCUT2D eigenvalue weighted by Crippen LogP contribution is -2.37. The number of amides is 2. The number of hydrogen-bond donors (Lipinski definition) is 3. The van der Waals surface area contributed by atoms with Gasteiger partial charge in [0.25, 0.3) is 11.8 Å². The van der Waals surface area contributed by atoms with Crippen LogP contribution < -0.4 is 11.1 Å². The van der Waals surface area contributed by atoms with E-state index in [1.165, 1.54) is 26.1 Å². The van der Waals surface area contributed by atoms with Gasteiger partial charge in [0, 0.05) is 5.69 Å². The zero-order chi connectivity index (χ0) is 13.2. The summed E-state index contributed by atoms with van der Waals surface area (Å²) in [6.45, 7) is 4.38. The van der Waals surface area contributed by atoms with Crippen molar-refractivity contribution in [1.29, 1.82) is 0 Å². The van der Waals surface area contributed by atoms with E-state index in [2.05, 4.69) is 10.3 Å². The Balaban J connectivity index is 3.07. The zero-order valence-corrected chi connectivity index (χ0v) is 9.94. The highest BCUT2D eigenvalue weighted by Gasteiger charge is 2.25. The topological polar surface area (TPSA) is 105 Å². The summed E-state index contributed by atoms with van der Waals surface area (Å²) in [5.41, 5.74) is 4.61. The van der Waals surface area contributed by atoms with Crippen molar-refractivity contribution in [3.05, 3.63) is 23.5 Å². The maximum absolute atomic E-state index is 11.6. The molecule has 0 aliphatic carbocycles. The highest BCUT2D eigenvalue weighted by Crippen LogP contribution is 2.16. The van der Waals surface area contributed by atoms with Gasteiger partial charge in [0.15, 0.2) is 0 Å². The number of aromatic nitrogens is 1. The number of nitrogens with one attached hydrogen (secondary N) is 1. The number of aliphatic hydroxyl groups is 1. The van der Waals surface area contributed by atoms with Crippen molar-refractivity contribution >= 4 is 17.5 Å². The fraction of sp³-hybridized carbons (Fsp3) is 0.364. The molecule has 1 aromatic heterocycles. The van der Waals surface area contributed by atoms with Crippen LogP contribution in [0.2, 0.25) is 0 Å². The number of nitrogens with zero attached hydrogens (tertiary/aromatic N) is 1. The summed E-state index contributed by atoms with van der Waals surface area (Å²) in [7, 11) is 0. The SMILES string of the molecule is Cc1cc(C(N)=O)c(NC(=O)C(C)(C)O)cn1. The van der Waals surface area contributed by atoms with Crippen LogP contribution in [0.15, 0.2) is 12.3 Å². The lowest BCUT2D eigenvalue weighted by Gasteiger charge is -2.17. The first-order valence-corrected chi connectivity index (χ1v) is 5.02. The van der Waals surface area contributed by atoms with Crippen LogP contribution in [0.4, 0.5) is 5.69 Å². The molecule has 1 aromatic rings. The van der Waals surface area contributed by atoms with E-state index in [0.29, 0.717) is 5.69 Å². The van der Waals surface area contributed by atoms with E-state index in [-0.39, 0.29) is 11.3 Å². The normalized spacial score (nSPS) is 11.1. The number of pyridine rings is 1. The van der Waals surface area contributed by atoms with Gasteiger partial charge in [0.05, 0.1) is 17.4 Å². The van der Waals surface area contributed by atoms with Gasteiger partial charge in [-0.2, -0.15) is 0 Å². The first kappa shape index (κ1) is 13.1. The van der Waals surface area contributed by atoms with E-state index in [1.54, 1.807) is 6.92 Å². The third kappa shape index (κ3) is 3.25. The summed E-state index contributed by atoms with van der Waals surface area (Å²) in [5.74, 6) is -1.30. The molecule has 0 saturated heterocycles. The number of carbonyl (C=O) groups excluding carboxylic acids is 2. The summed E-state index contributed by atoms with van der Waals surface area (Å²) in [6.07, 6.45) is 1.33. The third-order valence-corrected chi connectivity index (χ3v) is 2.11. The molecule has 0 saturated carbocycles. The third-order valence-electron chi connectivity index (χ3n) is 2.11. The molecule has 0 radical (unpaired) electrons. The van der Waals surface area contributed by atoms with Gasteiger partial charge in [-0.3, -0.25) is 14.6 Å². The molecular formula is C11H15N3O3. The number of aryl methyl sites for hydroxylation is 1. The summed E-state index contributed by atoms with van der Waals surface area (Å²) in [4.78, 5) is 26.7. The summed E-state index contributed by atoms with van der Waals surface area (Å²) < 4.78 is 0. The first-order chi connectivity index (χ1) is 7.71. The number of primary amides is 1. The maximum Gasteiger partial charge on any atom is 0.255 e. The van der Waals surface area contributed by atoms with Gasteiger partial charge in [-0.05, 0) is 26.8 Å². The van der Waals surface area contributed by atoms with Crippen molar-refractivity contribution in [1.82, 2.24) is 4.98 Å². The van der Waals surface area contributed by atoms with Crippen molar-refractivity contribution in [3.8, 4) is 0 Å². The molecule has 0 aliphatic rings. The highest BCUT2D eigenvalue weighted by atomic mass is 16.3. The number of carbonyl (C=O) groups is 2. The predicted octanol–water partition coefficient (Wildman–Crippen LogP) is 0.198. The molecule has 0 bridgehead atoms. The molecule has 0 spiro atoms. The number of rotatable bonds is 3. The summed E-state index contributed by atoms with van der Waals surface area (Å²) in [5, 5.41) is 11.9. The summed E-state index contributed by atoms with van der Waals surface area (Å²) >= 11 is 0. The Morgan fingerprint density at radius 3 is 2.53 bits per heavy atom. The van der Waals surface area contributed by atoms with Crippen LogP contribution in [-0.4, -0.2) is 27.5 Å². The maximum atomic E-state index is 11.6. The molecule has 1 heterocycles. The Labute approximate surface area is 98.8 Å². The van der Waals surface area contributed by atoms with Gasteiger partial charge in [0.2, 0.25) is 0 Å². The lowest BCUT2D eigenvalue weighted by molar-refractivity contribution is -0.130. The van der Waals surface area contributed by atoms with E-state index in [4.69, 9.17) is 5.73 Å². The van der Waals surface area contributed by atoms with Crippen LogP contribution in [0.3, 0.4) is 0 Å². The van der Waals surface area contributed by atoms with Gasteiger partial charge in [-0.15, -0.1) is 0 Å². The molecule has 6 heteroatoms. The standard InChI is InChI=1S/C11H15N3O3/c1-6-4-7(9(12)15)8(5-13-6)14-10(16)11(2,3)17/h4-5,17H,1-3H3,(H2,12,15)(H,14,16). The predicted molar refractivity (Wildman–Crippen MR) is 62.4 cm³/mol. The molecule has 0 unspecified atom stereocenters. The Bertz CT molecular complexity index is 464. The van der Waals surface area contributed by atoms with Crippen LogP contribution in [-0.2, 0) is 4.79 Å². The van der Waals surface area contributed by atoms with Crippen molar-refractivity contribution in [2.24, 2.45) is 5.73 Å². The largest absolute Gasteiger partial charge is 0.381 e. The molecule has 92 valence electrons. The molecule has 0 fully saturated rings. The Kier molecular flexibility index (Phi) is 3.47. The quantitative estimate of drug-likeness (QED) is 0.698. The van der Waals surface area contributed by atoms with Crippen molar-refractivity contribution in [2.45, 2.75) is 26.4 Å². The van der Waals surface area contributed by atoms with E-state index in [9.17, 15) is 14.7 Å². The molecule has 4 N–H and O–H groups in total. The highest BCUT2D eigenvalue weighted by molar-refractivity contribution is 6.04. The number of nitrogens with two attached hydrogens (primary N) is 1. The van der Waals surface area contributed by atoms with E-state index >= 15 is 0 Å². The Morgan fingerprint density at radius 2 is 2.06 bits per heavy atom. The van der Waals surface area contributed by atoms with Gasteiger partial charge in [-0.1, -0.05) is 0 Å². The second kappa shape index (κ2) is 4.50. The van der Waals surface area contributed by atoms with Crippen LogP contribution >= 0.6 is 0 Å². The fourth-order valence-corrected chi connectivity index (χ4v) is 1.14. The van der Waals surface area contributed by atoms with Crippen molar-refractivity contribution in [3.63, 3.8) is 0 Å². The van der Waals surface area contributed by atoms with Gasteiger partial charge in [-0.25, -0.2) is 0 Å². The van der Waals surface area contributed by atoms with E-state index < -0.39 is 17.4 Å². The fourth-order valence-electron chi connectivity index (χ4n) is 1.14. The minimum absolute atomic E-state index is 0.162. The molecular weight excluding hydrogens is 222 g/mol. The first-order valence-electron chi connectivity index (χ1n) is 5.02. The van der Waals surface area contributed by atoms with Crippen molar-refractivity contribution in [2.75, 3.05) is 5.32 Å². The molecule has 0 aromatic carbocycles. The number of anilines is 1. The molecule has 1 rings (SSSR count). The Hall–Kier alpha value is -1.95. The van der Waals surface area contributed by atoms with Crippen LogP contribution in [0, 0.1) is 6.92 Å². The summed E-state index contributed by atoms with van der Waals surface area (Å²) in [6, 6.07) is 1.47. The average molecular weight is 237 g/mol. The average Bonchev–Trinajstić information content (AvgIpc) is 2.18. The molecule has 6 nitrogen and oxygen atoms in total. The number of hydrogen-bond acceptors (Lipinski definition) is 4. The monoisotopic (exact) mass is 237 g/mol. The minimum atomic E-state index is -1.54. The van der Waals surface area contributed by atoms with Crippen LogP contribution in [0.1, 0.15) is 29.9 Å². The second-order valence-electron chi connectivity index (χ2n) is 4.25. The minimum Gasteiger partial charge on any atom is -0.381 e. The molecule has 0 atom stereocenters. The molecule has 2 amide bonds. The Morgan fingerprint density at radius 1 is 1.47 bits per heavy atom. The van der Waals surface area contributed by atoms with Crippen molar-refractivity contribution < 1.29 is 14.7 Å². The second-order valence-corrected chi connectivity index (χ2v) is 4.25. The smallest absolute Gasteiger partial charge is 0.255 e. The zero-order valence-electron chi connectivity index (χ0n) is 9.94. The van der Waals surface area contributed by atoms with Gasteiger partial charge >= 0.3 is 0 Å². The van der Waals surface area contributed by atoms with Gasteiger partial charge in [0.1, 0.15) is 5.60 Å².